The Kier molecular flexibility index (Phi) is 14.9. The van der Waals surface area contributed by atoms with Crippen LogP contribution in [0.2, 0.25) is 0 Å². The molecule has 0 saturated carbocycles. The van der Waals surface area contributed by atoms with Gasteiger partial charge in [0.15, 0.2) is 0 Å². The Morgan fingerprint density at radius 2 is 0.707 bits per heavy atom. The van der Waals surface area contributed by atoms with Gasteiger partial charge in [0, 0.05) is 0 Å². The maximum absolute atomic E-state index is 2.34. The first-order valence-electron chi connectivity index (χ1n) is 19.6. The van der Waals surface area contributed by atoms with Crippen LogP contribution >= 0.6 is 0 Å². The van der Waals surface area contributed by atoms with Crippen molar-refractivity contribution in [3.8, 4) is 22.3 Å². The molecule has 0 fully saturated rings. The van der Waals surface area contributed by atoms with Crippen molar-refractivity contribution in [2.75, 3.05) is 0 Å². The van der Waals surface area contributed by atoms with Crippen LogP contribution in [0, 0.1) is 0 Å². The van der Waals surface area contributed by atoms with E-state index in [0.29, 0.717) is 0 Å². The van der Waals surface area contributed by atoms with Gasteiger partial charge >= 0.3 is 99.8 Å². The van der Waals surface area contributed by atoms with Crippen LogP contribution in [0.15, 0.2) is 206 Å². The summed E-state index contributed by atoms with van der Waals surface area (Å²) in [6.07, 6.45) is 2.17. The second-order valence-electron chi connectivity index (χ2n) is 14.2. The fourth-order valence-electron chi connectivity index (χ4n) is 7.77. The average molecular weight is 883 g/mol. The zero-order valence-electron chi connectivity index (χ0n) is 32.8. The molecule has 284 valence electrons. The van der Waals surface area contributed by atoms with Crippen molar-refractivity contribution >= 4 is 58.9 Å². The summed E-state index contributed by atoms with van der Waals surface area (Å²) >= 11 is 1.64. The van der Waals surface area contributed by atoms with Crippen LogP contribution in [0.25, 0.3) is 65.3 Å². The van der Waals surface area contributed by atoms with Crippen molar-refractivity contribution < 1.29 is 48.1 Å². The maximum atomic E-state index is 2.34. The first-order chi connectivity index (χ1) is 27.6. The molecular weight excluding hydrogens is 839 g/mol. The third-order valence-corrected chi connectivity index (χ3v) is 16.8. The van der Waals surface area contributed by atoms with Crippen molar-refractivity contribution in [3.63, 3.8) is 0 Å². The first-order valence-corrected chi connectivity index (χ1v) is 24.8. The van der Waals surface area contributed by atoms with E-state index >= 15 is 0 Å². The molecule has 10 aromatic carbocycles. The molecule has 0 radical (unpaired) electrons. The van der Waals surface area contributed by atoms with Gasteiger partial charge in [0.2, 0.25) is 0 Å². The van der Waals surface area contributed by atoms with Gasteiger partial charge in [-0.2, -0.15) is 12.1 Å². The van der Waals surface area contributed by atoms with E-state index in [0.717, 1.165) is 12.8 Å². The minimum absolute atomic E-state index is 0. The normalized spacial score (nSPS) is 10.6. The summed E-state index contributed by atoms with van der Waals surface area (Å²) in [6.45, 7) is 4.43. The second kappa shape index (κ2) is 20.2. The van der Waals surface area contributed by atoms with Gasteiger partial charge in [-0.3, -0.25) is 0 Å². The van der Waals surface area contributed by atoms with Crippen molar-refractivity contribution in [2.45, 2.75) is 26.7 Å². The molecule has 0 aliphatic rings. The number of rotatable bonds is 6. The number of benzene rings is 8. The quantitative estimate of drug-likeness (QED) is 0.122. The van der Waals surface area contributed by atoms with E-state index in [1.807, 2.05) is 0 Å². The van der Waals surface area contributed by atoms with Crippen molar-refractivity contribution in [2.24, 2.45) is 0 Å². The van der Waals surface area contributed by atoms with Crippen LogP contribution in [0.4, 0.5) is 0 Å². The van der Waals surface area contributed by atoms with Gasteiger partial charge in [-0.05, 0) is 45.5 Å². The topological polar surface area (TPSA) is 0 Å². The summed E-state index contributed by atoms with van der Waals surface area (Å²) in [5, 5.41) is 13.7. The van der Waals surface area contributed by atoms with Gasteiger partial charge in [0.05, 0.1) is 0 Å². The van der Waals surface area contributed by atoms with Crippen LogP contribution in [-0.4, -0.2) is 5.43 Å². The summed E-state index contributed by atoms with van der Waals surface area (Å²) in [5.74, 6) is 0. The standard InChI is InChI=1S/2C21H17.C12H10Si.2ClH.Zr/c2*1-2-15-13-17-9-6-12-20(21(17)14-15)19-11-5-8-16-7-3-4-10-18(16)19;1-3-7-11(8-4-1)13-12-9-5-2-6-10-12;;;/h2*3-14H,2H2,1H3;1-10H;2*1H;/q2*-1;;;;+2/p-2. The molecule has 0 aromatic heterocycles. The van der Waals surface area contributed by atoms with Crippen LogP contribution in [0.3, 0.4) is 0 Å². The molecule has 0 saturated heterocycles. The zero-order valence-corrected chi connectivity index (χ0v) is 37.8. The molecule has 0 aliphatic carbocycles. The van der Waals surface area contributed by atoms with E-state index in [-0.39, 0.29) is 24.8 Å². The number of aryl methyl sites for hydroxylation is 2. The third kappa shape index (κ3) is 9.39. The molecule has 0 N–H and O–H groups in total. The van der Waals surface area contributed by atoms with Gasteiger partial charge in [0.25, 0.3) is 0 Å². The van der Waals surface area contributed by atoms with Gasteiger partial charge < -0.3 is 24.8 Å². The molecule has 10 aromatic rings. The molecule has 0 heterocycles. The summed E-state index contributed by atoms with van der Waals surface area (Å²) in [5.41, 5.74) is 7.70. The van der Waals surface area contributed by atoms with Gasteiger partial charge in [-0.25, -0.2) is 0 Å². The van der Waals surface area contributed by atoms with Crippen molar-refractivity contribution in [1.82, 2.24) is 0 Å². The Labute approximate surface area is 370 Å². The molecule has 0 nitrogen and oxygen atoms in total. The number of fused-ring (bicyclic) bond motifs is 4. The number of halogens is 2. The van der Waals surface area contributed by atoms with E-state index in [1.165, 1.54) is 86.8 Å². The van der Waals surface area contributed by atoms with E-state index in [1.54, 1.807) is 23.3 Å². The monoisotopic (exact) mass is 880 g/mol. The van der Waals surface area contributed by atoms with Crippen LogP contribution in [0.5, 0.6) is 0 Å². The Hall–Kier alpha value is -4.82. The predicted octanol–water partition coefficient (Wildman–Crippen LogP) is 7.23. The molecule has 0 atom stereocenters. The van der Waals surface area contributed by atoms with Gasteiger partial charge in [-0.15, -0.1) is 69.1 Å². The molecule has 4 heteroatoms. The van der Waals surface area contributed by atoms with Crippen molar-refractivity contribution in [1.29, 1.82) is 0 Å². The summed E-state index contributed by atoms with van der Waals surface area (Å²) in [7, 11) is 0. The van der Waals surface area contributed by atoms with Gasteiger partial charge in [-0.1, -0.05) is 122 Å². The zero-order chi connectivity index (χ0) is 38.3. The number of hydrogen-bond donors (Lipinski definition) is 0. The van der Waals surface area contributed by atoms with E-state index in [4.69, 9.17) is 0 Å². The third-order valence-electron chi connectivity index (χ3n) is 10.7. The summed E-state index contributed by atoms with van der Waals surface area (Å²) < 4.78 is 0. The van der Waals surface area contributed by atoms with E-state index in [9.17, 15) is 0 Å². The summed E-state index contributed by atoms with van der Waals surface area (Å²) in [4.78, 5) is 0. The van der Waals surface area contributed by atoms with Gasteiger partial charge in [0.1, 0.15) is 0 Å². The Bertz CT molecular complexity index is 2700. The molecule has 10 rings (SSSR count). The Morgan fingerprint density at radius 1 is 0.379 bits per heavy atom. The molecule has 0 aliphatic heterocycles. The number of hydrogen-bond acceptors (Lipinski definition) is 0. The van der Waals surface area contributed by atoms with Crippen LogP contribution in [-0.2, 0) is 36.2 Å². The molecule has 0 spiro atoms. The molecule has 0 unspecified atom stereocenters. The van der Waals surface area contributed by atoms with Crippen molar-refractivity contribution in [3.05, 3.63) is 217 Å². The Morgan fingerprint density at radius 3 is 1.10 bits per heavy atom. The second-order valence-corrected chi connectivity index (χ2v) is 19.8. The average Bonchev–Trinajstić information content (AvgIpc) is 3.91. The molecule has 0 bridgehead atoms. The fourth-order valence-corrected chi connectivity index (χ4v) is 11.6. The van der Waals surface area contributed by atoms with E-state index in [2.05, 4.69) is 220 Å². The summed E-state index contributed by atoms with van der Waals surface area (Å²) in [6, 6.07) is 74.6. The Balaban J connectivity index is 0.000000147. The van der Waals surface area contributed by atoms with Crippen LogP contribution < -0.4 is 35.2 Å². The minimum atomic E-state index is -0.455. The predicted molar refractivity (Wildman–Crippen MR) is 242 cm³/mol. The van der Waals surface area contributed by atoms with Crippen LogP contribution in [0.1, 0.15) is 25.0 Å². The molecule has 0 amide bonds. The molecular formula is C54H44Cl2SiZr-2. The fraction of sp³-hybridized carbons (Fsp3) is 0.0741. The molecule has 58 heavy (non-hydrogen) atoms. The SMILES string of the molecule is CCc1cc2c(-c3cccc4ccccc34)cccc2[cH-]1.CCc1cc2c(-c3cccc4ccccc34)cccc2[cH-]1.[Cl-].[Cl-].[Zr+2]=[Si](c1ccccc1)c1ccccc1. The van der Waals surface area contributed by atoms with E-state index < -0.39 is 5.43 Å². The first kappa shape index (κ1) is 42.8.